The molecule has 0 unspecified atom stereocenters. The number of halogens is 1. The molecule has 0 saturated carbocycles. The number of nitrogens with one attached hydrogen (secondary N) is 1. The average molecular weight is 439 g/mol. The van der Waals surface area contributed by atoms with Crippen molar-refractivity contribution in [1.29, 1.82) is 0 Å². The molecule has 5 nitrogen and oxygen atoms in total. The number of fused-ring (bicyclic) bond motifs is 1. The van der Waals surface area contributed by atoms with Crippen molar-refractivity contribution in [3.8, 4) is 17.3 Å². The van der Waals surface area contributed by atoms with Crippen LogP contribution in [0.1, 0.15) is 18.1 Å². The summed E-state index contributed by atoms with van der Waals surface area (Å²) in [6, 6.07) is 18.6. The molecule has 0 fully saturated rings. The maximum absolute atomic E-state index is 12.8. The molecular weight excluding hydrogens is 420 g/mol. The highest BCUT2D eigenvalue weighted by molar-refractivity contribution is 7.71. The Morgan fingerprint density at radius 1 is 1.07 bits per heavy atom. The lowest BCUT2D eigenvalue weighted by molar-refractivity contribution is 0.337. The van der Waals surface area contributed by atoms with Gasteiger partial charge in [-0.15, -0.1) is 0 Å². The van der Waals surface area contributed by atoms with Crippen LogP contribution in [-0.2, 0) is 6.42 Å². The van der Waals surface area contributed by atoms with E-state index in [1.165, 1.54) is 4.57 Å². The number of hydrogen-bond acceptors (Lipinski definition) is 4. The Hall–Kier alpha value is -3.09. The normalized spacial score (nSPS) is 11.0. The summed E-state index contributed by atoms with van der Waals surface area (Å²) in [5.74, 6) is 0.469. The standard InChI is InChI=1S/C23H19ClN2O3S/c1-2-29-20-12-7-14-5-3-4-6-17(14)18(20)13-19-21(27)25-23(30)26(22(19)28)16-10-8-15(24)9-11-16/h3-12,28H,2,13H2,1H3,(H,25,27,30). The van der Waals surface area contributed by atoms with Crippen LogP contribution in [0, 0.1) is 4.77 Å². The van der Waals surface area contributed by atoms with Gasteiger partial charge in [-0.1, -0.05) is 41.9 Å². The third-order valence-electron chi connectivity index (χ3n) is 4.92. The van der Waals surface area contributed by atoms with E-state index in [4.69, 9.17) is 28.6 Å². The Bertz CT molecular complexity index is 1340. The summed E-state index contributed by atoms with van der Waals surface area (Å²) in [5, 5.41) is 13.6. The van der Waals surface area contributed by atoms with E-state index in [9.17, 15) is 9.90 Å². The molecule has 0 aliphatic rings. The van der Waals surface area contributed by atoms with E-state index >= 15 is 0 Å². The zero-order valence-electron chi connectivity index (χ0n) is 16.2. The third-order valence-corrected chi connectivity index (χ3v) is 5.45. The van der Waals surface area contributed by atoms with Crippen molar-refractivity contribution in [3.05, 3.63) is 91.9 Å². The molecule has 1 heterocycles. The molecule has 0 aliphatic heterocycles. The van der Waals surface area contributed by atoms with Gasteiger partial charge in [-0.2, -0.15) is 0 Å². The van der Waals surface area contributed by atoms with Crippen molar-refractivity contribution in [1.82, 2.24) is 9.55 Å². The molecule has 0 saturated heterocycles. The van der Waals surface area contributed by atoms with Crippen molar-refractivity contribution in [2.75, 3.05) is 6.61 Å². The Kier molecular flexibility index (Phi) is 5.61. The van der Waals surface area contributed by atoms with Crippen LogP contribution in [0.2, 0.25) is 5.02 Å². The summed E-state index contributed by atoms with van der Waals surface area (Å²) in [7, 11) is 0. The SMILES string of the molecule is CCOc1ccc2ccccc2c1Cc1c(O)n(-c2ccc(Cl)cc2)c(=S)[nH]c1=O. The highest BCUT2D eigenvalue weighted by Gasteiger charge is 2.18. The second-order valence-electron chi connectivity index (χ2n) is 6.75. The Morgan fingerprint density at radius 2 is 1.80 bits per heavy atom. The quantitative estimate of drug-likeness (QED) is 0.409. The van der Waals surface area contributed by atoms with Crippen molar-refractivity contribution < 1.29 is 9.84 Å². The number of aromatic nitrogens is 2. The minimum atomic E-state index is -0.432. The van der Waals surface area contributed by atoms with Gasteiger partial charge in [0.1, 0.15) is 5.75 Å². The van der Waals surface area contributed by atoms with Crippen molar-refractivity contribution >= 4 is 34.6 Å². The predicted molar refractivity (Wildman–Crippen MR) is 122 cm³/mol. The Labute approximate surface area is 183 Å². The van der Waals surface area contributed by atoms with Crippen LogP contribution in [0.25, 0.3) is 16.5 Å². The molecule has 0 atom stereocenters. The van der Waals surface area contributed by atoms with Crippen LogP contribution < -0.4 is 10.3 Å². The lowest BCUT2D eigenvalue weighted by Crippen LogP contribution is -2.19. The van der Waals surface area contributed by atoms with Gasteiger partial charge >= 0.3 is 0 Å². The van der Waals surface area contributed by atoms with E-state index in [-0.39, 0.29) is 22.6 Å². The van der Waals surface area contributed by atoms with Gasteiger partial charge in [0, 0.05) is 17.0 Å². The molecule has 7 heteroatoms. The lowest BCUT2D eigenvalue weighted by Gasteiger charge is -2.16. The molecule has 0 aliphatic carbocycles. The number of hydrogen-bond donors (Lipinski definition) is 2. The first-order valence-corrected chi connectivity index (χ1v) is 10.2. The van der Waals surface area contributed by atoms with Crippen LogP contribution >= 0.6 is 23.8 Å². The number of rotatable bonds is 5. The Morgan fingerprint density at radius 3 is 2.53 bits per heavy atom. The van der Waals surface area contributed by atoms with Crippen LogP contribution in [0.3, 0.4) is 0 Å². The highest BCUT2D eigenvalue weighted by Crippen LogP contribution is 2.32. The largest absolute Gasteiger partial charge is 0.494 e. The second kappa shape index (κ2) is 8.34. The number of benzene rings is 3. The highest BCUT2D eigenvalue weighted by atomic mass is 35.5. The average Bonchev–Trinajstić information content (AvgIpc) is 2.73. The molecule has 0 amide bonds. The number of aromatic hydroxyl groups is 1. The van der Waals surface area contributed by atoms with Crippen molar-refractivity contribution in [3.63, 3.8) is 0 Å². The molecule has 2 N–H and O–H groups in total. The predicted octanol–water partition coefficient (Wildman–Crippen LogP) is 5.40. The van der Waals surface area contributed by atoms with Crippen LogP contribution in [0.4, 0.5) is 0 Å². The van der Waals surface area contributed by atoms with E-state index in [0.29, 0.717) is 23.1 Å². The van der Waals surface area contributed by atoms with Crippen LogP contribution in [-0.4, -0.2) is 21.3 Å². The van der Waals surface area contributed by atoms with Gasteiger partial charge in [0.2, 0.25) is 5.88 Å². The fraction of sp³-hybridized carbons (Fsp3) is 0.130. The summed E-state index contributed by atoms with van der Waals surface area (Å²) in [6.07, 6.45) is 0.182. The van der Waals surface area contributed by atoms with Gasteiger partial charge in [-0.05, 0) is 60.2 Å². The van der Waals surface area contributed by atoms with Gasteiger partial charge in [-0.25, -0.2) is 0 Å². The Balaban J connectivity index is 1.92. The van der Waals surface area contributed by atoms with Crippen molar-refractivity contribution in [2.24, 2.45) is 0 Å². The minimum absolute atomic E-state index is 0.103. The number of H-pyrrole nitrogens is 1. The molecule has 0 spiro atoms. The van der Waals surface area contributed by atoms with Crippen LogP contribution in [0.5, 0.6) is 11.6 Å². The molecule has 1 aromatic heterocycles. The summed E-state index contributed by atoms with van der Waals surface area (Å²) < 4.78 is 7.34. The molecule has 30 heavy (non-hydrogen) atoms. The van der Waals surface area contributed by atoms with Crippen LogP contribution in [0.15, 0.2) is 65.5 Å². The summed E-state index contributed by atoms with van der Waals surface area (Å²) in [6.45, 7) is 2.40. The number of nitrogens with zero attached hydrogens (tertiary/aromatic N) is 1. The first-order valence-electron chi connectivity index (χ1n) is 9.46. The van der Waals surface area contributed by atoms with E-state index in [1.807, 2.05) is 43.3 Å². The van der Waals surface area contributed by atoms with Gasteiger partial charge in [0.05, 0.1) is 17.9 Å². The maximum atomic E-state index is 12.8. The molecule has 152 valence electrons. The second-order valence-corrected chi connectivity index (χ2v) is 7.57. The van der Waals surface area contributed by atoms with E-state index in [0.717, 1.165) is 16.3 Å². The van der Waals surface area contributed by atoms with Gasteiger partial charge in [-0.3, -0.25) is 14.3 Å². The number of ether oxygens (including phenoxy) is 1. The first-order chi connectivity index (χ1) is 14.5. The summed E-state index contributed by atoms with van der Waals surface area (Å²) in [4.78, 5) is 15.4. The first kappa shape index (κ1) is 20.2. The fourth-order valence-electron chi connectivity index (χ4n) is 3.52. The van der Waals surface area contributed by atoms with E-state index in [1.54, 1.807) is 24.3 Å². The minimum Gasteiger partial charge on any atom is -0.494 e. The lowest BCUT2D eigenvalue weighted by atomic mass is 9.98. The molecule has 4 aromatic rings. The summed E-state index contributed by atoms with van der Waals surface area (Å²) >= 11 is 11.3. The fourth-order valence-corrected chi connectivity index (χ4v) is 3.93. The zero-order chi connectivity index (χ0) is 21.3. The van der Waals surface area contributed by atoms with Crippen molar-refractivity contribution in [2.45, 2.75) is 13.3 Å². The third kappa shape index (κ3) is 3.72. The maximum Gasteiger partial charge on any atom is 0.259 e. The van der Waals surface area contributed by atoms with E-state index in [2.05, 4.69) is 4.98 Å². The monoisotopic (exact) mass is 438 g/mol. The molecule has 3 aromatic carbocycles. The van der Waals surface area contributed by atoms with Gasteiger partial charge in [0.15, 0.2) is 4.77 Å². The van der Waals surface area contributed by atoms with Gasteiger partial charge < -0.3 is 9.84 Å². The molecule has 4 rings (SSSR count). The zero-order valence-corrected chi connectivity index (χ0v) is 17.8. The molecule has 0 radical (unpaired) electrons. The number of aromatic amines is 1. The molecule has 0 bridgehead atoms. The summed E-state index contributed by atoms with van der Waals surface area (Å²) in [5.41, 5.74) is 1.20. The van der Waals surface area contributed by atoms with E-state index < -0.39 is 5.56 Å². The smallest absolute Gasteiger partial charge is 0.259 e. The molecular formula is C23H19ClN2O3S. The topological polar surface area (TPSA) is 67.2 Å². The van der Waals surface area contributed by atoms with Gasteiger partial charge in [0.25, 0.3) is 5.56 Å².